The van der Waals surface area contributed by atoms with Gasteiger partial charge in [0.1, 0.15) is 0 Å². The van der Waals surface area contributed by atoms with Crippen LogP contribution in [-0.4, -0.2) is 43.3 Å². The minimum atomic E-state index is -0.234. The first-order chi connectivity index (χ1) is 12.0. The fourth-order valence-corrected chi connectivity index (χ4v) is 2.19. The summed E-state index contributed by atoms with van der Waals surface area (Å²) < 4.78 is 0. The maximum absolute atomic E-state index is 12.0. The van der Waals surface area contributed by atoms with Gasteiger partial charge in [0, 0.05) is 43.9 Å². The quantitative estimate of drug-likeness (QED) is 0.846. The molecule has 0 heterocycles. The highest BCUT2D eigenvalue weighted by atomic mass is 16.2. The lowest BCUT2D eigenvalue weighted by atomic mass is 10.1. The van der Waals surface area contributed by atoms with E-state index in [2.05, 4.69) is 10.6 Å². The van der Waals surface area contributed by atoms with Crippen LogP contribution in [0.5, 0.6) is 0 Å². The number of amides is 3. The lowest BCUT2D eigenvalue weighted by Crippen LogP contribution is -2.27. The Kier molecular flexibility index (Phi) is 6.28. The van der Waals surface area contributed by atoms with Crippen molar-refractivity contribution < 1.29 is 14.4 Å². The van der Waals surface area contributed by atoms with Crippen molar-refractivity contribution in [3.05, 3.63) is 65.7 Å². The van der Waals surface area contributed by atoms with Gasteiger partial charge < -0.3 is 15.5 Å². The van der Waals surface area contributed by atoms with Gasteiger partial charge >= 0.3 is 0 Å². The van der Waals surface area contributed by atoms with E-state index >= 15 is 0 Å². The second-order valence-electron chi connectivity index (χ2n) is 5.70. The van der Waals surface area contributed by atoms with Gasteiger partial charge in [-0.3, -0.25) is 14.4 Å². The first kappa shape index (κ1) is 18.2. The van der Waals surface area contributed by atoms with Crippen LogP contribution < -0.4 is 10.6 Å². The number of carbonyl (C=O) groups is 3. The largest absolute Gasteiger partial charge is 0.352 e. The number of hydrogen-bond donors (Lipinski definition) is 2. The highest BCUT2D eigenvalue weighted by Crippen LogP contribution is 2.12. The van der Waals surface area contributed by atoms with Gasteiger partial charge in [-0.15, -0.1) is 0 Å². The van der Waals surface area contributed by atoms with Crippen LogP contribution in [0.15, 0.2) is 54.6 Å². The van der Waals surface area contributed by atoms with Crippen molar-refractivity contribution in [3.8, 4) is 0 Å². The summed E-state index contributed by atoms with van der Waals surface area (Å²) in [5.74, 6) is -0.582. The van der Waals surface area contributed by atoms with Crippen molar-refractivity contribution in [1.29, 1.82) is 0 Å². The molecule has 0 bridgehead atoms. The monoisotopic (exact) mass is 339 g/mol. The Morgan fingerprint density at radius 2 is 1.60 bits per heavy atom. The van der Waals surface area contributed by atoms with E-state index in [1.165, 1.54) is 4.90 Å². The first-order valence-corrected chi connectivity index (χ1v) is 7.92. The number of hydrogen-bond acceptors (Lipinski definition) is 3. The van der Waals surface area contributed by atoms with Crippen molar-refractivity contribution in [1.82, 2.24) is 10.2 Å². The molecule has 0 aliphatic carbocycles. The van der Waals surface area contributed by atoms with Crippen molar-refractivity contribution in [2.45, 2.75) is 6.42 Å². The molecule has 2 aromatic carbocycles. The Hall–Kier alpha value is -3.15. The fraction of sp³-hybridized carbons (Fsp3) is 0.211. The van der Waals surface area contributed by atoms with E-state index < -0.39 is 0 Å². The number of rotatable bonds is 6. The Morgan fingerprint density at radius 1 is 0.920 bits per heavy atom. The molecule has 0 fully saturated rings. The standard InChI is InChI=1S/C19H21N3O3/c1-22(2)19(25)15-9-6-10-16(13-15)21-17(23)11-12-20-18(24)14-7-4-3-5-8-14/h3-10,13H,11-12H2,1-2H3,(H,20,24)(H,21,23). The summed E-state index contributed by atoms with van der Waals surface area (Å²) in [5.41, 5.74) is 1.60. The predicted octanol–water partition coefficient (Wildman–Crippen LogP) is 2.15. The fourth-order valence-electron chi connectivity index (χ4n) is 2.19. The van der Waals surface area contributed by atoms with E-state index in [0.29, 0.717) is 16.8 Å². The average molecular weight is 339 g/mol. The lowest BCUT2D eigenvalue weighted by molar-refractivity contribution is -0.116. The van der Waals surface area contributed by atoms with Crippen molar-refractivity contribution in [2.24, 2.45) is 0 Å². The van der Waals surface area contributed by atoms with Crippen LogP contribution in [0.2, 0.25) is 0 Å². The zero-order chi connectivity index (χ0) is 18.2. The molecular formula is C19H21N3O3. The zero-order valence-corrected chi connectivity index (χ0v) is 14.3. The van der Waals surface area contributed by atoms with Crippen molar-refractivity contribution in [3.63, 3.8) is 0 Å². The zero-order valence-electron chi connectivity index (χ0n) is 14.3. The number of nitrogens with one attached hydrogen (secondary N) is 2. The summed E-state index contributed by atoms with van der Waals surface area (Å²) in [6.07, 6.45) is 0.143. The smallest absolute Gasteiger partial charge is 0.253 e. The molecule has 2 N–H and O–H groups in total. The molecule has 0 saturated heterocycles. The van der Waals surface area contributed by atoms with Crippen LogP contribution in [0.1, 0.15) is 27.1 Å². The van der Waals surface area contributed by atoms with E-state index in [9.17, 15) is 14.4 Å². The second-order valence-corrected chi connectivity index (χ2v) is 5.70. The highest BCUT2D eigenvalue weighted by Gasteiger charge is 2.10. The van der Waals surface area contributed by atoms with Crippen LogP contribution in [0.3, 0.4) is 0 Å². The molecule has 130 valence electrons. The summed E-state index contributed by atoms with van der Waals surface area (Å²) in [5, 5.41) is 5.43. The summed E-state index contributed by atoms with van der Waals surface area (Å²) in [4.78, 5) is 37.3. The predicted molar refractivity (Wildman–Crippen MR) is 96.5 cm³/mol. The minimum absolute atomic E-state index is 0.133. The third-order valence-corrected chi connectivity index (χ3v) is 3.47. The van der Waals surface area contributed by atoms with E-state index in [1.54, 1.807) is 62.6 Å². The molecule has 0 saturated carbocycles. The molecule has 0 spiro atoms. The molecule has 6 heteroatoms. The van der Waals surface area contributed by atoms with Crippen LogP contribution in [-0.2, 0) is 4.79 Å². The maximum atomic E-state index is 12.0. The molecule has 0 radical (unpaired) electrons. The SMILES string of the molecule is CN(C)C(=O)c1cccc(NC(=O)CCNC(=O)c2ccccc2)c1. The van der Waals surface area contributed by atoms with Crippen LogP contribution in [0, 0.1) is 0 Å². The van der Waals surface area contributed by atoms with Gasteiger partial charge in [-0.1, -0.05) is 24.3 Å². The molecule has 0 aromatic heterocycles. The summed E-state index contributed by atoms with van der Waals surface area (Å²) in [6.45, 7) is 0.232. The van der Waals surface area contributed by atoms with E-state index in [0.717, 1.165) is 0 Å². The summed E-state index contributed by atoms with van der Waals surface area (Å²) in [6, 6.07) is 15.6. The molecule has 0 aliphatic rings. The second kappa shape index (κ2) is 8.63. The molecule has 2 rings (SSSR count). The topological polar surface area (TPSA) is 78.5 Å². The van der Waals surface area contributed by atoms with Crippen LogP contribution in [0.4, 0.5) is 5.69 Å². The normalized spacial score (nSPS) is 10.0. The number of benzene rings is 2. The Labute approximate surface area is 146 Å². The van der Waals surface area contributed by atoms with Gasteiger partial charge in [0.2, 0.25) is 5.91 Å². The Balaban J connectivity index is 1.83. The van der Waals surface area contributed by atoms with Gasteiger partial charge in [0.25, 0.3) is 11.8 Å². The molecule has 0 atom stereocenters. The van der Waals surface area contributed by atoms with Gasteiger partial charge in [0.15, 0.2) is 0 Å². The van der Waals surface area contributed by atoms with Crippen molar-refractivity contribution in [2.75, 3.05) is 26.0 Å². The summed E-state index contributed by atoms with van der Waals surface area (Å²) >= 11 is 0. The Bertz CT molecular complexity index is 758. The number of nitrogens with zero attached hydrogens (tertiary/aromatic N) is 1. The van der Waals surface area contributed by atoms with Crippen molar-refractivity contribution >= 4 is 23.4 Å². The minimum Gasteiger partial charge on any atom is -0.352 e. The summed E-state index contributed by atoms with van der Waals surface area (Å²) in [7, 11) is 3.34. The number of anilines is 1. The number of carbonyl (C=O) groups excluding carboxylic acids is 3. The third-order valence-electron chi connectivity index (χ3n) is 3.47. The molecule has 0 aliphatic heterocycles. The van der Waals surface area contributed by atoms with E-state index in [1.807, 2.05) is 6.07 Å². The molecule has 25 heavy (non-hydrogen) atoms. The van der Waals surface area contributed by atoms with E-state index in [-0.39, 0.29) is 30.7 Å². The Morgan fingerprint density at radius 3 is 2.28 bits per heavy atom. The molecular weight excluding hydrogens is 318 g/mol. The first-order valence-electron chi connectivity index (χ1n) is 7.92. The maximum Gasteiger partial charge on any atom is 0.253 e. The third kappa shape index (κ3) is 5.46. The molecule has 3 amide bonds. The average Bonchev–Trinajstić information content (AvgIpc) is 2.61. The molecule has 2 aromatic rings. The highest BCUT2D eigenvalue weighted by molar-refractivity contribution is 5.97. The van der Waals surface area contributed by atoms with Crippen LogP contribution in [0.25, 0.3) is 0 Å². The van der Waals surface area contributed by atoms with Gasteiger partial charge in [-0.05, 0) is 30.3 Å². The molecule has 6 nitrogen and oxygen atoms in total. The van der Waals surface area contributed by atoms with E-state index in [4.69, 9.17) is 0 Å². The molecule has 0 unspecified atom stereocenters. The van der Waals surface area contributed by atoms with Crippen LogP contribution >= 0.6 is 0 Å². The van der Waals surface area contributed by atoms with Gasteiger partial charge in [-0.2, -0.15) is 0 Å². The lowest BCUT2D eigenvalue weighted by Gasteiger charge is -2.12. The van der Waals surface area contributed by atoms with Gasteiger partial charge in [-0.25, -0.2) is 0 Å². The van der Waals surface area contributed by atoms with Gasteiger partial charge in [0.05, 0.1) is 0 Å².